The molecule has 1 saturated heterocycles. The average Bonchev–Trinajstić information content (AvgIpc) is 2.71. The molecule has 1 aliphatic rings. The highest BCUT2D eigenvalue weighted by molar-refractivity contribution is 5.83. The molecular weight excluding hydrogens is 376 g/mol. The zero-order chi connectivity index (χ0) is 21.7. The molecule has 3 N–H and O–H groups in total. The van der Waals surface area contributed by atoms with Crippen molar-refractivity contribution in [2.24, 2.45) is 5.73 Å². The van der Waals surface area contributed by atoms with Crippen LogP contribution < -0.4 is 21.1 Å². The summed E-state index contributed by atoms with van der Waals surface area (Å²) in [7, 11) is 0. The summed E-state index contributed by atoms with van der Waals surface area (Å²) in [6, 6.07) is 14.2. The molecule has 1 fully saturated rings. The molecule has 162 valence electrons. The second-order valence-electron chi connectivity index (χ2n) is 8.81. The first-order valence-electron chi connectivity index (χ1n) is 10.7. The van der Waals surface area contributed by atoms with Gasteiger partial charge in [0.2, 0.25) is 0 Å². The van der Waals surface area contributed by atoms with Gasteiger partial charge in [0, 0.05) is 19.6 Å². The SMILES string of the molecule is Cc1cccc(N2CCCCC2)c1N(NC(=O)OC(C)(C)C)c1ccc(CN)cc1. The monoisotopic (exact) mass is 410 g/mol. The first-order valence-corrected chi connectivity index (χ1v) is 10.7. The summed E-state index contributed by atoms with van der Waals surface area (Å²) in [4.78, 5) is 15.1. The minimum atomic E-state index is -0.583. The summed E-state index contributed by atoms with van der Waals surface area (Å²) in [5.41, 5.74) is 13.2. The van der Waals surface area contributed by atoms with Gasteiger partial charge in [-0.25, -0.2) is 15.2 Å². The van der Waals surface area contributed by atoms with Crippen LogP contribution in [0.1, 0.15) is 51.2 Å². The lowest BCUT2D eigenvalue weighted by Gasteiger charge is -2.35. The third kappa shape index (κ3) is 5.45. The Morgan fingerprint density at radius 1 is 1.10 bits per heavy atom. The lowest BCUT2D eigenvalue weighted by molar-refractivity contribution is 0.0528. The van der Waals surface area contributed by atoms with Crippen LogP contribution in [-0.2, 0) is 11.3 Å². The van der Waals surface area contributed by atoms with Gasteiger partial charge in [0.15, 0.2) is 0 Å². The Morgan fingerprint density at radius 2 is 1.77 bits per heavy atom. The van der Waals surface area contributed by atoms with Gasteiger partial charge in [-0.3, -0.25) is 0 Å². The lowest BCUT2D eigenvalue weighted by atomic mass is 10.1. The maximum Gasteiger partial charge on any atom is 0.426 e. The minimum Gasteiger partial charge on any atom is -0.443 e. The number of nitrogens with two attached hydrogens (primary N) is 1. The number of carbonyl (C=O) groups is 1. The van der Waals surface area contributed by atoms with Crippen LogP contribution >= 0.6 is 0 Å². The van der Waals surface area contributed by atoms with Gasteiger partial charge in [0.25, 0.3) is 0 Å². The van der Waals surface area contributed by atoms with Crippen molar-refractivity contribution in [1.82, 2.24) is 5.43 Å². The summed E-state index contributed by atoms with van der Waals surface area (Å²) in [5, 5.41) is 1.84. The number of amides is 1. The van der Waals surface area contributed by atoms with E-state index in [0.717, 1.165) is 41.3 Å². The number of piperidine rings is 1. The van der Waals surface area contributed by atoms with Crippen LogP contribution in [0.3, 0.4) is 0 Å². The van der Waals surface area contributed by atoms with Crippen LogP contribution in [-0.4, -0.2) is 24.8 Å². The van der Waals surface area contributed by atoms with E-state index in [1.807, 2.05) is 50.0 Å². The van der Waals surface area contributed by atoms with Gasteiger partial charge in [-0.15, -0.1) is 0 Å². The molecule has 0 saturated carbocycles. The van der Waals surface area contributed by atoms with Crippen molar-refractivity contribution in [3.63, 3.8) is 0 Å². The third-order valence-electron chi connectivity index (χ3n) is 5.17. The molecule has 0 aliphatic carbocycles. The van der Waals surface area contributed by atoms with E-state index in [0.29, 0.717) is 6.54 Å². The van der Waals surface area contributed by atoms with Crippen LogP contribution in [0.25, 0.3) is 0 Å². The second-order valence-corrected chi connectivity index (χ2v) is 8.81. The first-order chi connectivity index (χ1) is 14.3. The highest BCUT2D eigenvalue weighted by Crippen LogP contribution is 2.37. The molecule has 0 unspecified atom stereocenters. The quantitative estimate of drug-likeness (QED) is 0.677. The summed E-state index contributed by atoms with van der Waals surface area (Å²) in [6.07, 6.45) is 3.13. The highest BCUT2D eigenvalue weighted by Gasteiger charge is 2.25. The van der Waals surface area contributed by atoms with E-state index in [1.54, 1.807) is 0 Å². The molecule has 0 atom stereocenters. The molecule has 3 rings (SSSR count). The van der Waals surface area contributed by atoms with Gasteiger partial charge in [0.1, 0.15) is 5.60 Å². The average molecular weight is 411 g/mol. The van der Waals surface area contributed by atoms with Gasteiger partial charge in [-0.1, -0.05) is 24.3 Å². The second kappa shape index (κ2) is 9.39. The van der Waals surface area contributed by atoms with Gasteiger partial charge >= 0.3 is 6.09 Å². The number of hydrogen-bond acceptors (Lipinski definition) is 5. The largest absolute Gasteiger partial charge is 0.443 e. The van der Waals surface area contributed by atoms with Crippen molar-refractivity contribution >= 4 is 23.2 Å². The molecule has 1 aliphatic heterocycles. The van der Waals surface area contributed by atoms with Crippen molar-refractivity contribution in [3.05, 3.63) is 53.6 Å². The molecule has 6 heteroatoms. The van der Waals surface area contributed by atoms with Crippen molar-refractivity contribution in [3.8, 4) is 0 Å². The Bertz CT molecular complexity index is 852. The third-order valence-corrected chi connectivity index (χ3v) is 5.17. The molecule has 1 heterocycles. The molecule has 0 radical (unpaired) electrons. The number of aryl methyl sites for hydroxylation is 1. The highest BCUT2D eigenvalue weighted by atomic mass is 16.6. The Labute approximate surface area is 180 Å². The Hall–Kier alpha value is -2.73. The van der Waals surface area contributed by atoms with E-state index >= 15 is 0 Å². The first kappa shape index (κ1) is 22.0. The number of hydrogen-bond donors (Lipinski definition) is 2. The smallest absolute Gasteiger partial charge is 0.426 e. The van der Waals surface area contributed by atoms with Crippen molar-refractivity contribution in [2.45, 2.75) is 59.1 Å². The summed E-state index contributed by atoms with van der Waals surface area (Å²) in [5.74, 6) is 0. The Kier molecular flexibility index (Phi) is 6.87. The molecule has 2 aromatic carbocycles. The maximum absolute atomic E-state index is 12.7. The van der Waals surface area contributed by atoms with E-state index in [9.17, 15) is 4.79 Å². The van der Waals surface area contributed by atoms with E-state index in [-0.39, 0.29) is 0 Å². The fourth-order valence-corrected chi connectivity index (χ4v) is 3.75. The zero-order valence-electron chi connectivity index (χ0n) is 18.6. The van der Waals surface area contributed by atoms with Crippen molar-refractivity contribution in [2.75, 3.05) is 23.0 Å². The Morgan fingerprint density at radius 3 is 2.37 bits per heavy atom. The fourth-order valence-electron chi connectivity index (χ4n) is 3.75. The number of hydrazine groups is 1. The van der Waals surface area contributed by atoms with Gasteiger partial charge < -0.3 is 15.4 Å². The van der Waals surface area contributed by atoms with E-state index in [4.69, 9.17) is 10.5 Å². The molecule has 0 bridgehead atoms. The molecule has 2 aromatic rings. The van der Waals surface area contributed by atoms with Crippen LogP contribution in [0.15, 0.2) is 42.5 Å². The number of carbonyl (C=O) groups excluding carboxylic acids is 1. The summed E-state index contributed by atoms with van der Waals surface area (Å²) in [6.45, 7) is 10.2. The lowest BCUT2D eigenvalue weighted by Crippen LogP contribution is -2.43. The van der Waals surface area contributed by atoms with Crippen molar-refractivity contribution in [1.29, 1.82) is 0 Å². The number of nitrogens with one attached hydrogen (secondary N) is 1. The number of rotatable bonds is 5. The Balaban J connectivity index is 2.03. The van der Waals surface area contributed by atoms with Gasteiger partial charge in [-0.2, -0.15) is 0 Å². The molecule has 1 amide bonds. The minimum absolute atomic E-state index is 0.475. The van der Waals surface area contributed by atoms with Crippen LogP contribution in [0, 0.1) is 6.92 Å². The maximum atomic E-state index is 12.7. The number of ether oxygens (including phenoxy) is 1. The summed E-state index contributed by atoms with van der Waals surface area (Å²) < 4.78 is 5.56. The van der Waals surface area contributed by atoms with E-state index in [2.05, 4.69) is 35.4 Å². The number of nitrogens with zero attached hydrogens (tertiary/aromatic N) is 2. The number of benzene rings is 2. The van der Waals surface area contributed by atoms with Gasteiger partial charge in [-0.05, 0) is 76.3 Å². The number of anilines is 3. The van der Waals surface area contributed by atoms with E-state index < -0.39 is 11.7 Å². The topological polar surface area (TPSA) is 70.8 Å². The predicted octanol–water partition coefficient (Wildman–Crippen LogP) is 5.02. The van der Waals surface area contributed by atoms with Crippen LogP contribution in [0.5, 0.6) is 0 Å². The molecule has 0 aromatic heterocycles. The van der Waals surface area contributed by atoms with E-state index in [1.165, 1.54) is 19.3 Å². The molecule has 30 heavy (non-hydrogen) atoms. The van der Waals surface area contributed by atoms with Crippen LogP contribution in [0.4, 0.5) is 21.9 Å². The van der Waals surface area contributed by atoms with Crippen LogP contribution in [0.2, 0.25) is 0 Å². The normalized spacial score (nSPS) is 14.4. The van der Waals surface area contributed by atoms with Crippen molar-refractivity contribution < 1.29 is 9.53 Å². The van der Waals surface area contributed by atoms with Gasteiger partial charge in [0.05, 0.1) is 17.1 Å². The zero-order valence-corrected chi connectivity index (χ0v) is 18.6. The summed E-state index contributed by atoms with van der Waals surface area (Å²) >= 11 is 0. The molecular formula is C24H34N4O2. The molecule has 0 spiro atoms. The molecule has 6 nitrogen and oxygen atoms in total. The predicted molar refractivity (Wildman–Crippen MR) is 123 cm³/mol. The fraction of sp³-hybridized carbons (Fsp3) is 0.458. The number of para-hydroxylation sites is 1. The standard InChI is InChI=1S/C24H34N4O2/c1-18-9-8-10-21(27-15-6-5-7-16-27)22(18)28(26-23(29)30-24(2,3)4)20-13-11-19(17-25)12-14-20/h8-14H,5-7,15-17,25H2,1-4H3,(H,26,29).